The van der Waals surface area contributed by atoms with Gasteiger partial charge < -0.3 is 24.5 Å². The van der Waals surface area contributed by atoms with Crippen LogP contribution in [0.2, 0.25) is 0 Å². The molecule has 1 aliphatic rings. The molecule has 0 saturated carbocycles. The summed E-state index contributed by atoms with van der Waals surface area (Å²) in [7, 11) is -2.79. The summed E-state index contributed by atoms with van der Waals surface area (Å²) in [6.07, 6.45) is 1.13. The summed E-state index contributed by atoms with van der Waals surface area (Å²) in [6.45, 7) is 0.105. The third-order valence-corrected chi connectivity index (χ3v) is 7.52. The molecule has 1 atom stereocenters. The molecule has 4 rings (SSSR count). The largest absolute Gasteiger partial charge is 0.505 e. The number of phenols is 1. The Balaban J connectivity index is 1.83. The minimum Gasteiger partial charge on any atom is -0.505 e. The van der Waals surface area contributed by atoms with Gasteiger partial charge in [0.25, 0.3) is 5.91 Å². The van der Waals surface area contributed by atoms with Gasteiger partial charge >= 0.3 is 7.60 Å². The highest BCUT2D eigenvalue weighted by Gasteiger charge is 2.43. The third-order valence-electron chi connectivity index (χ3n) is 5.16. The molecule has 1 amide bonds. The molecule has 1 aromatic heterocycles. The van der Waals surface area contributed by atoms with E-state index in [1.807, 2.05) is 0 Å². The fourth-order valence-electron chi connectivity index (χ4n) is 3.76. The molecule has 1 unspecified atom stereocenters. The first kappa shape index (κ1) is 22.5. The Morgan fingerprint density at radius 2 is 1.97 bits per heavy atom. The second-order valence-corrected chi connectivity index (χ2v) is 10.2. The van der Waals surface area contributed by atoms with Crippen molar-refractivity contribution in [3.05, 3.63) is 65.1 Å². The number of nitrogens with zero attached hydrogens (tertiary/aromatic N) is 2. The smallest absolute Gasteiger partial charge is 0.326 e. The van der Waals surface area contributed by atoms with Crippen molar-refractivity contribution >= 4 is 36.2 Å². The number of phenolic OH excluding ortho intramolecular Hbond substituents is 1. The highest BCUT2D eigenvalue weighted by molar-refractivity contribution is 7.99. The average Bonchev–Trinajstić information content (AvgIpc) is 3.01. The number of hydrogen-bond acceptors (Lipinski definition) is 6. The summed E-state index contributed by atoms with van der Waals surface area (Å²) in [5.74, 6) is -0.722. The molecular weight excluding hydrogens is 458 g/mol. The van der Waals surface area contributed by atoms with Crippen molar-refractivity contribution in [2.24, 2.45) is 0 Å². The van der Waals surface area contributed by atoms with Gasteiger partial charge in [-0.15, -0.1) is 11.8 Å². The summed E-state index contributed by atoms with van der Waals surface area (Å²) >= 11 is 1.16. The number of rotatable bonds is 7. The molecule has 0 saturated heterocycles. The van der Waals surface area contributed by atoms with Gasteiger partial charge in [0.2, 0.25) is 0 Å². The maximum Gasteiger partial charge on any atom is 0.326 e. The van der Waals surface area contributed by atoms with Crippen LogP contribution >= 0.6 is 19.4 Å². The minimum atomic E-state index is -4.24. The summed E-state index contributed by atoms with van der Waals surface area (Å²) in [6, 6.07) is 9.08. The Morgan fingerprint density at radius 3 is 2.62 bits per heavy atom. The van der Waals surface area contributed by atoms with Crippen LogP contribution in [-0.4, -0.2) is 49.7 Å². The third kappa shape index (κ3) is 4.19. The highest BCUT2D eigenvalue weighted by Crippen LogP contribution is 2.53. The van der Waals surface area contributed by atoms with E-state index in [9.17, 15) is 28.6 Å². The molecule has 0 bridgehead atoms. The maximum atomic E-state index is 13.4. The fraction of sp³-hybridized carbons (Fsp3) is 0.238. The normalized spacial score (nSPS) is 15.9. The van der Waals surface area contributed by atoms with Gasteiger partial charge in [0.15, 0.2) is 5.75 Å². The number of carbonyl (C=O) groups is 1. The highest BCUT2D eigenvalue weighted by atomic mass is 32.2. The molecule has 2 aromatic carbocycles. The first-order chi connectivity index (χ1) is 15.2. The number of pyridine rings is 1. The molecular formula is C21H20FN2O6PS. The van der Waals surface area contributed by atoms with E-state index in [2.05, 4.69) is 4.98 Å². The number of ether oxygens (including phenoxy) is 1. The maximum absolute atomic E-state index is 13.4. The molecule has 0 fully saturated rings. The molecule has 1 aliphatic heterocycles. The fourth-order valence-corrected chi connectivity index (χ4v) is 6.10. The van der Waals surface area contributed by atoms with Crippen LogP contribution in [0.5, 0.6) is 11.5 Å². The van der Waals surface area contributed by atoms with Crippen molar-refractivity contribution < 1.29 is 33.4 Å². The number of aromatic hydroxyl groups is 1. The molecule has 8 nitrogen and oxygen atoms in total. The second kappa shape index (κ2) is 8.71. The van der Waals surface area contributed by atoms with Crippen LogP contribution < -0.4 is 4.74 Å². The Bertz CT molecular complexity index is 1230. The van der Waals surface area contributed by atoms with E-state index in [0.717, 1.165) is 11.8 Å². The molecule has 2 heterocycles. The van der Waals surface area contributed by atoms with Crippen molar-refractivity contribution in [3.8, 4) is 11.5 Å². The topological polar surface area (TPSA) is 120 Å². The van der Waals surface area contributed by atoms with E-state index in [1.54, 1.807) is 24.3 Å². The zero-order chi connectivity index (χ0) is 23.0. The molecule has 32 heavy (non-hydrogen) atoms. The average molecular weight is 478 g/mol. The Labute approximate surface area is 187 Å². The lowest BCUT2D eigenvalue weighted by Crippen LogP contribution is -2.26. The predicted molar refractivity (Wildman–Crippen MR) is 118 cm³/mol. The lowest BCUT2D eigenvalue weighted by Gasteiger charge is -2.26. The molecule has 168 valence electrons. The van der Waals surface area contributed by atoms with Gasteiger partial charge in [0.05, 0.1) is 18.8 Å². The molecule has 0 spiro atoms. The van der Waals surface area contributed by atoms with E-state index < -0.39 is 24.7 Å². The number of carbonyl (C=O) groups excluding carboxylic acids is 1. The van der Waals surface area contributed by atoms with E-state index in [1.165, 1.54) is 30.3 Å². The lowest BCUT2D eigenvalue weighted by atomic mass is 10.0. The first-order valence-corrected chi connectivity index (χ1v) is 12.4. The summed E-state index contributed by atoms with van der Waals surface area (Å²) in [5.41, 5.74) is 1.35. The summed E-state index contributed by atoms with van der Waals surface area (Å²) in [5, 5.41) is 10.7. The van der Waals surface area contributed by atoms with Gasteiger partial charge in [-0.3, -0.25) is 14.3 Å². The van der Waals surface area contributed by atoms with E-state index in [-0.39, 0.29) is 35.3 Å². The van der Waals surface area contributed by atoms with Crippen LogP contribution in [0, 0.1) is 5.82 Å². The molecule has 11 heteroatoms. The quantitative estimate of drug-likeness (QED) is 0.440. The van der Waals surface area contributed by atoms with E-state index >= 15 is 0 Å². The van der Waals surface area contributed by atoms with Crippen LogP contribution in [-0.2, 0) is 11.1 Å². The van der Waals surface area contributed by atoms with E-state index in [4.69, 9.17) is 4.74 Å². The van der Waals surface area contributed by atoms with Gasteiger partial charge in [-0.05, 0) is 29.8 Å². The van der Waals surface area contributed by atoms with Crippen LogP contribution in [0.25, 0.3) is 10.9 Å². The Hall–Kier alpha value is -2.65. The van der Waals surface area contributed by atoms with E-state index in [0.29, 0.717) is 22.3 Å². The van der Waals surface area contributed by atoms with Gasteiger partial charge in [0, 0.05) is 29.4 Å². The molecule has 0 radical (unpaired) electrons. The van der Waals surface area contributed by atoms with Crippen LogP contribution in [0.15, 0.2) is 42.6 Å². The standard InChI is InChI=1S/C21H20FN2O6PS/c1-30-19-14-3-2-8-23-17(14)18(25)15-16(19)21(32-10-9-31(27,28)29)24(20(15)26)11-12-4-6-13(22)7-5-12/h2-8,21,25H,9-11H2,1H3,(H2,27,28,29). The zero-order valence-corrected chi connectivity index (χ0v) is 18.6. The number of methoxy groups -OCH3 is 1. The number of aromatic nitrogens is 1. The van der Waals surface area contributed by atoms with Crippen LogP contribution in [0.4, 0.5) is 4.39 Å². The van der Waals surface area contributed by atoms with Gasteiger partial charge in [-0.1, -0.05) is 12.1 Å². The van der Waals surface area contributed by atoms with Gasteiger partial charge in [-0.2, -0.15) is 0 Å². The second-order valence-electron chi connectivity index (χ2n) is 7.24. The number of thioether (sulfide) groups is 1. The monoisotopic (exact) mass is 478 g/mol. The summed E-state index contributed by atoms with van der Waals surface area (Å²) in [4.78, 5) is 37.6. The van der Waals surface area contributed by atoms with Crippen LogP contribution in [0.3, 0.4) is 0 Å². The van der Waals surface area contributed by atoms with Crippen molar-refractivity contribution in [3.63, 3.8) is 0 Å². The molecule has 3 aromatic rings. The van der Waals surface area contributed by atoms with Crippen molar-refractivity contribution in [2.75, 3.05) is 19.0 Å². The lowest BCUT2D eigenvalue weighted by molar-refractivity contribution is 0.0759. The first-order valence-electron chi connectivity index (χ1n) is 9.60. The van der Waals surface area contributed by atoms with Crippen molar-refractivity contribution in [1.82, 2.24) is 9.88 Å². The number of hydrogen-bond donors (Lipinski definition) is 3. The number of amides is 1. The zero-order valence-electron chi connectivity index (χ0n) is 16.9. The van der Waals surface area contributed by atoms with Crippen molar-refractivity contribution in [1.29, 1.82) is 0 Å². The van der Waals surface area contributed by atoms with Gasteiger partial charge in [0.1, 0.15) is 22.5 Å². The molecule has 0 aliphatic carbocycles. The number of benzene rings is 2. The minimum absolute atomic E-state index is 0.0452. The summed E-state index contributed by atoms with van der Waals surface area (Å²) < 4.78 is 30.3. The van der Waals surface area contributed by atoms with Crippen LogP contribution in [0.1, 0.15) is 26.9 Å². The SMILES string of the molecule is COc1c2c(c(O)c3ncccc13)C(=O)N(Cc1ccc(F)cc1)C2SCCP(=O)(O)O. The van der Waals surface area contributed by atoms with Crippen molar-refractivity contribution in [2.45, 2.75) is 11.9 Å². The number of fused-ring (bicyclic) bond motifs is 2. The Kier molecular flexibility index (Phi) is 6.13. The Morgan fingerprint density at radius 1 is 1.25 bits per heavy atom. The number of halogens is 1. The van der Waals surface area contributed by atoms with Gasteiger partial charge in [-0.25, -0.2) is 4.39 Å². The predicted octanol–water partition coefficient (Wildman–Crippen LogP) is 3.65. The molecule has 3 N–H and O–H groups in total.